The first-order chi connectivity index (χ1) is 16.3. The molecule has 176 valence electrons. The highest BCUT2D eigenvalue weighted by molar-refractivity contribution is 5.79. The van der Waals surface area contributed by atoms with E-state index in [-0.39, 0.29) is 18.1 Å². The van der Waals surface area contributed by atoms with Gasteiger partial charge in [0.25, 0.3) is 5.69 Å². The third kappa shape index (κ3) is 4.41. The number of benzene rings is 3. The number of ether oxygens (including phenoxy) is 1. The molecule has 0 aliphatic heterocycles. The number of carbonyl (C=O) groups excluding carboxylic acids is 1. The molecule has 2 atom stereocenters. The van der Waals surface area contributed by atoms with E-state index in [4.69, 9.17) is 10.5 Å². The molecule has 34 heavy (non-hydrogen) atoms. The summed E-state index contributed by atoms with van der Waals surface area (Å²) in [5.41, 5.74) is 8.32. The first-order valence-corrected chi connectivity index (χ1v) is 10.5. The predicted molar refractivity (Wildman–Crippen MR) is 122 cm³/mol. The van der Waals surface area contributed by atoms with Crippen LogP contribution in [0.15, 0.2) is 60.7 Å². The number of aliphatic hydroxyl groups excluding tert-OH is 2. The number of nitrogen functional groups attached to an aromatic ring is 1. The Morgan fingerprint density at radius 1 is 1.12 bits per heavy atom. The molecule has 3 aromatic rings. The third-order valence-corrected chi connectivity index (χ3v) is 5.83. The second-order valence-corrected chi connectivity index (χ2v) is 7.90. The van der Waals surface area contributed by atoms with E-state index in [1.54, 1.807) is 0 Å². The number of rotatable bonds is 7. The Hall–Kier alpha value is -4.02. The molecule has 0 saturated carbocycles. The molecule has 1 amide bonds. The van der Waals surface area contributed by atoms with Crippen LogP contribution in [-0.4, -0.2) is 40.5 Å². The van der Waals surface area contributed by atoms with Gasteiger partial charge < -0.3 is 26.0 Å². The summed E-state index contributed by atoms with van der Waals surface area (Å²) in [6.07, 6.45) is -4.22. The number of fused-ring (bicyclic) bond motifs is 3. The van der Waals surface area contributed by atoms with Gasteiger partial charge >= 0.3 is 6.09 Å². The van der Waals surface area contributed by atoms with E-state index in [0.717, 1.165) is 28.3 Å². The molecule has 10 heteroatoms. The van der Waals surface area contributed by atoms with E-state index in [2.05, 4.69) is 5.32 Å². The first kappa shape index (κ1) is 23.1. The quantitative estimate of drug-likeness (QED) is 0.237. The lowest BCUT2D eigenvalue weighted by Crippen LogP contribution is -2.36. The number of hydrogen-bond donors (Lipinski definition) is 4. The van der Waals surface area contributed by atoms with Crippen LogP contribution in [0, 0.1) is 15.9 Å². The summed E-state index contributed by atoms with van der Waals surface area (Å²) in [5, 5.41) is 33.9. The van der Waals surface area contributed by atoms with E-state index in [9.17, 15) is 29.5 Å². The Morgan fingerprint density at radius 2 is 1.71 bits per heavy atom. The van der Waals surface area contributed by atoms with E-state index in [0.29, 0.717) is 6.07 Å². The molecule has 0 heterocycles. The van der Waals surface area contributed by atoms with Crippen molar-refractivity contribution in [3.8, 4) is 11.1 Å². The maximum atomic E-state index is 13.7. The molecule has 0 fully saturated rings. The van der Waals surface area contributed by atoms with Crippen LogP contribution in [-0.2, 0) is 4.74 Å². The van der Waals surface area contributed by atoms with E-state index < -0.39 is 47.0 Å². The standard InChI is InChI=1S/C24H22FN3O6/c25-13-9-18(22(26)20(10-13)28(32)33)23(30)21(29)11-27-24(31)34-12-19-16-7-3-1-5-14(16)15-6-2-4-8-17(15)19/h1-10,19,21,23,29-30H,11-12,26H2,(H,27,31). The van der Waals surface area contributed by atoms with Gasteiger partial charge in [0.2, 0.25) is 0 Å². The molecular formula is C24H22FN3O6. The SMILES string of the molecule is Nc1c(C(O)C(O)CNC(=O)OCC2c3ccccc3-c3ccccc32)cc(F)cc1[N+](=O)[O-]. The summed E-state index contributed by atoms with van der Waals surface area (Å²) in [7, 11) is 0. The van der Waals surface area contributed by atoms with Crippen molar-refractivity contribution in [1.29, 1.82) is 0 Å². The van der Waals surface area contributed by atoms with Gasteiger partial charge in [0.15, 0.2) is 0 Å². The van der Waals surface area contributed by atoms with Crippen molar-refractivity contribution in [3.05, 3.63) is 93.3 Å². The van der Waals surface area contributed by atoms with E-state index in [1.165, 1.54) is 0 Å². The molecule has 1 aliphatic rings. The molecule has 5 N–H and O–H groups in total. The minimum Gasteiger partial charge on any atom is -0.449 e. The van der Waals surface area contributed by atoms with Crippen molar-refractivity contribution < 1.29 is 29.1 Å². The van der Waals surface area contributed by atoms with Gasteiger partial charge in [-0.1, -0.05) is 48.5 Å². The molecule has 0 spiro atoms. The lowest BCUT2D eigenvalue weighted by atomic mass is 9.98. The molecule has 2 unspecified atom stereocenters. The highest BCUT2D eigenvalue weighted by Crippen LogP contribution is 2.44. The average molecular weight is 467 g/mol. The highest BCUT2D eigenvalue weighted by Gasteiger charge is 2.30. The van der Waals surface area contributed by atoms with Crippen LogP contribution in [0.3, 0.4) is 0 Å². The Kier molecular flexibility index (Phi) is 6.44. The average Bonchev–Trinajstić information content (AvgIpc) is 3.15. The Balaban J connectivity index is 1.37. The molecule has 9 nitrogen and oxygen atoms in total. The maximum absolute atomic E-state index is 13.7. The molecule has 4 rings (SSSR count). The number of alkyl carbamates (subject to hydrolysis) is 1. The van der Waals surface area contributed by atoms with Crippen molar-refractivity contribution in [2.75, 3.05) is 18.9 Å². The summed E-state index contributed by atoms with van der Waals surface area (Å²) in [6.45, 7) is -0.400. The summed E-state index contributed by atoms with van der Waals surface area (Å²) < 4.78 is 19.1. The van der Waals surface area contributed by atoms with Gasteiger partial charge in [-0.15, -0.1) is 0 Å². The number of nitro benzene ring substituents is 1. The van der Waals surface area contributed by atoms with Crippen molar-refractivity contribution in [1.82, 2.24) is 5.32 Å². The van der Waals surface area contributed by atoms with Gasteiger partial charge in [0, 0.05) is 18.0 Å². The van der Waals surface area contributed by atoms with Crippen LogP contribution in [0.2, 0.25) is 0 Å². The maximum Gasteiger partial charge on any atom is 0.407 e. The second kappa shape index (κ2) is 9.46. The molecule has 3 aromatic carbocycles. The minimum atomic E-state index is -1.77. The highest BCUT2D eigenvalue weighted by atomic mass is 19.1. The molecule has 1 aliphatic carbocycles. The van der Waals surface area contributed by atoms with Gasteiger partial charge in [-0.25, -0.2) is 9.18 Å². The topological polar surface area (TPSA) is 148 Å². The number of nitrogens with one attached hydrogen (secondary N) is 1. The zero-order chi connectivity index (χ0) is 24.4. The monoisotopic (exact) mass is 467 g/mol. The normalized spacial score (nSPS) is 14.1. The molecular weight excluding hydrogens is 445 g/mol. The fourth-order valence-corrected chi connectivity index (χ4v) is 4.18. The zero-order valence-corrected chi connectivity index (χ0v) is 17.8. The van der Waals surface area contributed by atoms with Gasteiger partial charge in [-0.2, -0.15) is 0 Å². The van der Waals surface area contributed by atoms with Crippen LogP contribution in [0.25, 0.3) is 11.1 Å². The van der Waals surface area contributed by atoms with Gasteiger partial charge in [-0.05, 0) is 28.3 Å². The number of hydrogen-bond acceptors (Lipinski definition) is 7. The number of carbonyl (C=O) groups is 1. The van der Waals surface area contributed by atoms with Gasteiger partial charge in [0.05, 0.1) is 11.0 Å². The molecule has 0 saturated heterocycles. The fourth-order valence-electron chi connectivity index (χ4n) is 4.18. The summed E-state index contributed by atoms with van der Waals surface area (Å²) >= 11 is 0. The Bertz CT molecular complexity index is 1210. The van der Waals surface area contributed by atoms with Gasteiger partial charge in [0.1, 0.15) is 30.3 Å². The lowest BCUT2D eigenvalue weighted by molar-refractivity contribution is -0.384. The minimum absolute atomic E-state index is 0.0571. The predicted octanol–water partition coefficient (Wildman–Crippen LogP) is 3.25. The zero-order valence-electron chi connectivity index (χ0n) is 17.8. The van der Waals surface area contributed by atoms with Crippen molar-refractivity contribution >= 4 is 17.5 Å². The second-order valence-electron chi connectivity index (χ2n) is 7.90. The molecule has 0 bridgehead atoms. The Morgan fingerprint density at radius 3 is 2.29 bits per heavy atom. The summed E-state index contributed by atoms with van der Waals surface area (Å²) in [4.78, 5) is 22.4. The van der Waals surface area contributed by atoms with Gasteiger partial charge in [-0.3, -0.25) is 10.1 Å². The largest absolute Gasteiger partial charge is 0.449 e. The number of amides is 1. The van der Waals surface area contributed by atoms with E-state index in [1.807, 2.05) is 48.5 Å². The summed E-state index contributed by atoms with van der Waals surface area (Å²) in [6, 6.07) is 17.1. The van der Waals surface area contributed by atoms with Crippen LogP contribution in [0.4, 0.5) is 20.6 Å². The van der Waals surface area contributed by atoms with Crippen molar-refractivity contribution in [3.63, 3.8) is 0 Å². The van der Waals surface area contributed by atoms with Crippen molar-refractivity contribution in [2.45, 2.75) is 18.1 Å². The number of aliphatic hydroxyl groups is 2. The number of nitrogens with zero attached hydrogens (tertiary/aromatic N) is 1. The molecule has 0 radical (unpaired) electrons. The molecule has 0 aromatic heterocycles. The third-order valence-electron chi connectivity index (χ3n) is 5.83. The number of nitrogens with two attached hydrogens (primary N) is 1. The summed E-state index contributed by atoms with van der Waals surface area (Å²) in [5.74, 6) is -1.15. The number of nitro groups is 1. The Labute approximate surface area is 193 Å². The smallest absolute Gasteiger partial charge is 0.407 e. The fraction of sp³-hybridized carbons (Fsp3) is 0.208. The number of anilines is 1. The van der Waals surface area contributed by atoms with Crippen LogP contribution in [0.5, 0.6) is 0 Å². The lowest BCUT2D eigenvalue weighted by Gasteiger charge is -2.20. The number of halogens is 1. The first-order valence-electron chi connectivity index (χ1n) is 10.5. The van der Waals surface area contributed by atoms with Crippen LogP contribution >= 0.6 is 0 Å². The van der Waals surface area contributed by atoms with E-state index >= 15 is 0 Å². The van der Waals surface area contributed by atoms with Crippen LogP contribution in [0.1, 0.15) is 28.7 Å². The van der Waals surface area contributed by atoms with Crippen LogP contribution < -0.4 is 11.1 Å². The van der Waals surface area contributed by atoms with Crippen molar-refractivity contribution in [2.24, 2.45) is 0 Å².